The van der Waals surface area contributed by atoms with Gasteiger partial charge >= 0.3 is 5.97 Å². The van der Waals surface area contributed by atoms with Gasteiger partial charge in [0.15, 0.2) is 5.78 Å². The molecule has 3 rings (SSSR count). The molecule has 2 aromatic rings. The van der Waals surface area contributed by atoms with Crippen LogP contribution in [0.3, 0.4) is 0 Å². The summed E-state index contributed by atoms with van der Waals surface area (Å²) in [4.78, 5) is 38.4. The lowest BCUT2D eigenvalue weighted by Gasteiger charge is -2.43. The van der Waals surface area contributed by atoms with Gasteiger partial charge in [0.2, 0.25) is 5.91 Å². The summed E-state index contributed by atoms with van der Waals surface area (Å²) in [5.74, 6) is -2.05. The number of carboxylic acids is 1. The van der Waals surface area contributed by atoms with Crippen LogP contribution in [0.5, 0.6) is 0 Å². The first kappa shape index (κ1) is 21.1. The Morgan fingerprint density at radius 3 is 2.66 bits per heavy atom. The maximum atomic E-state index is 13.6. The molecule has 2 N–H and O–H groups in total. The fraction of sp³-hybridized carbons (Fsp3) is 0.381. The van der Waals surface area contributed by atoms with Crippen LogP contribution < -0.4 is 0 Å². The molecule has 1 aliphatic heterocycles. The Labute approximate surface area is 171 Å². The smallest absolute Gasteiger partial charge is 0.314 e. The number of hydrogen-bond acceptors (Lipinski definition) is 5. The molecular weight excluding hydrogens is 397 g/mol. The van der Waals surface area contributed by atoms with Crippen molar-refractivity contribution in [2.75, 3.05) is 13.1 Å². The molecule has 2 atom stereocenters. The number of benzene rings is 1. The molecule has 0 radical (unpaired) electrons. The number of hydrogen-bond donors (Lipinski definition) is 2. The van der Waals surface area contributed by atoms with Gasteiger partial charge in [-0.2, -0.15) is 0 Å². The second-order valence-corrected chi connectivity index (χ2v) is 8.35. The van der Waals surface area contributed by atoms with Crippen LogP contribution >= 0.6 is 11.3 Å². The number of piperidine rings is 1. The zero-order valence-electron chi connectivity index (χ0n) is 15.9. The maximum absolute atomic E-state index is 13.6. The van der Waals surface area contributed by atoms with E-state index in [1.54, 1.807) is 17.5 Å². The van der Waals surface area contributed by atoms with E-state index in [0.29, 0.717) is 16.0 Å². The first-order valence-electron chi connectivity index (χ1n) is 9.23. The van der Waals surface area contributed by atoms with Crippen LogP contribution in [0.15, 0.2) is 35.7 Å². The van der Waals surface area contributed by atoms with Crippen LogP contribution in [-0.2, 0) is 22.4 Å². The molecule has 1 fully saturated rings. The number of aliphatic hydroxyl groups is 1. The topological polar surface area (TPSA) is 94.9 Å². The molecule has 1 amide bonds. The Hall–Kier alpha value is -2.58. The van der Waals surface area contributed by atoms with Crippen molar-refractivity contribution in [3.8, 4) is 0 Å². The fourth-order valence-corrected chi connectivity index (χ4v) is 4.52. The minimum atomic E-state index is -1.61. The number of carbonyl (C=O) groups excluding carboxylic acids is 2. The molecule has 0 saturated carbocycles. The summed E-state index contributed by atoms with van der Waals surface area (Å²) < 4.78 is 13.6. The fourth-order valence-electron chi connectivity index (χ4n) is 3.70. The molecule has 0 aliphatic carbocycles. The van der Waals surface area contributed by atoms with E-state index in [1.807, 2.05) is 0 Å². The molecule has 6 nitrogen and oxygen atoms in total. The molecule has 0 spiro atoms. The Morgan fingerprint density at radius 2 is 2.03 bits per heavy atom. The van der Waals surface area contributed by atoms with Crippen molar-refractivity contribution in [2.24, 2.45) is 5.41 Å². The predicted octanol–water partition coefficient (Wildman–Crippen LogP) is 2.54. The first-order valence-corrected chi connectivity index (χ1v) is 10.1. The lowest BCUT2D eigenvalue weighted by atomic mass is 9.72. The number of amides is 1. The van der Waals surface area contributed by atoms with E-state index in [-0.39, 0.29) is 44.0 Å². The summed E-state index contributed by atoms with van der Waals surface area (Å²) in [6.45, 7) is 1.53. The maximum Gasteiger partial charge on any atom is 0.314 e. The lowest BCUT2D eigenvalue weighted by molar-refractivity contribution is -0.165. The van der Waals surface area contributed by atoms with E-state index in [4.69, 9.17) is 0 Å². The number of halogens is 1. The number of rotatable bonds is 6. The monoisotopic (exact) mass is 419 g/mol. The summed E-state index contributed by atoms with van der Waals surface area (Å²) >= 11 is 1.26. The highest BCUT2D eigenvalue weighted by molar-refractivity contribution is 7.12. The van der Waals surface area contributed by atoms with Gasteiger partial charge in [0.1, 0.15) is 11.2 Å². The van der Waals surface area contributed by atoms with E-state index >= 15 is 0 Å². The summed E-state index contributed by atoms with van der Waals surface area (Å²) in [5.41, 5.74) is -0.465. The number of carboxylic acid groups (broad SMARTS) is 1. The largest absolute Gasteiger partial charge is 0.481 e. The molecule has 2 heterocycles. The molecular formula is C21H22FNO5S. The summed E-state index contributed by atoms with van der Waals surface area (Å²) in [6, 6.07) is 7.27. The molecule has 1 aromatic carbocycles. The Morgan fingerprint density at radius 1 is 1.28 bits per heavy atom. The average Bonchev–Trinajstić information content (AvgIpc) is 3.12. The SMILES string of the molecule is CC(=O)c1cc(CC(=O)N2CC[C@@H](O)[C@](Cc3cccc(F)c3)(C(=O)O)C2)cs1. The minimum absolute atomic E-state index is 0.0511. The number of carbonyl (C=O) groups is 3. The van der Waals surface area contributed by atoms with E-state index in [1.165, 1.54) is 41.4 Å². The average molecular weight is 419 g/mol. The van der Waals surface area contributed by atoms with Crippen molar-refractivity contribution in [3.63, 3.8) is 0 Å². The summed E-state index contributed by atoms with van der Waals surface area (Å²) in [5, 5.41) is 22.2. The first-order chi connectivity index (χ1) is 13.7. The second kappa shape index (κ2) is 8.42. The van der Waals surface area contributed by atoms with Gasteiger partial charge in [0.05, 0.1) is 17.4 Å². The van der Waals surface area contributed by atoms with Gasteiger partial charge in [-0.25, -0.2) is 4.39 Å². The Kier molecular flexibility index (Phi) is 6.14. The number of aliphatic hydroxyl groups excluding tert-OH is 1. The third-order valence-electron chi connectivity index (χ3n) is 5.33. The van der Waals surface area contributed by atoms with Crippen molar-refractivity contribution < 1.29 is 29.0 Å². The van der Waals surface area contributed by atoms with Crippen molar-refractivity contribution >= 4 is 29.0 Å². The minimum Gasteiger partial charge on any atom is -0.481 e. The van der Waals surface area contributed by atoms with Crippen LogP contribution in [0.1, 0.15) is 34.1 Å². The quantitative estimate of drug-likeness (QED) is 0.702. The number of ketones is 1. The van der Waals surface area contributed by atoms with Crippen LogP contribution in [0.25, 0.3) is 0 Å². The van der Waals surface area contributed by atoms with Crippen LogP contribution in [0.2, 0.25) is 0 Å². The number of likely N-dealkylation sites (tertiary alicyclic amines) is 1. The third-order valence-corrected chi connectivity index (χ3v) is 6.41. The molecule has 154 valence electrons. The standard InChI is InChI=1S/C21H22FNO5S/c1-13(24)17-8-15(11-29-17)9-19(26)23-6-5-18(25)21(12-23,20(27)28)10-14-3-2-4-16(22)7-14/h2-4,7-8,11,18,25H,5-6,9-10,12H2,1H3,(H,27,28)/t18-,21-/m1/s1. The van der Waals surface area contributed by atoms with Crippen molar-refractivity contribution in [2.45, 2.75) is 32.3 Å². The highest BCUT2D eigenvalue weighted by Gasteiger charge is 2.50. The van der Waals surface area contributed by atoms with E-state index in [9.17, 15) is 29.0 Å². The molecule has 8 heteroatoms. The number of Topliss-reactive ketones (excluding diaryl/α,β-unsaturated/α-hetero) is 1. The van der Waals surface area contributed by atoms with Gasteiger partial charge in [0, 0.05) is 13.1 Å². The number of aliphatic carboxylic acids is 1. The van der Waals surface area contributed by atoms with E-state index in [2.05, 4.69) is 0 Å². The molecule has 1 aliphatic rings. The summed E-state index contributed by atoms with van der Waals surface area (Å²) in [7, 11) is 0. The zero-order chi connectivity index (χ0) is 21.2. The lowest BCUT2D eigenvalue weighted by Crippen LogP contribution is -2.58. The van der Waals surface area contributed by atoms with Gasteiger partial charge < -0.3 is 15.1 Å². The molecule has 0 bridgehead atoms. The molecule has 29 heavy (non-hydrogen) atoms. The highest BCUT2D eigenvalue weighted by atomic mass is 32.1. The van der Waals surface area contributed by atoms with Gasteiger partial charge in [-0.1, -0.05) is 12.1 Å². The van der Waals surface area contributed by atoms with Gasteiger partial charge in [-0.3, -0.25) is 14.4 Å². The number of nitrogens with zero attached hydrogens (tertiary/aromatic N) is 1. The number of thiophene rings is 1. The Bertz CT molecular complexity index is 943. The third kappa shape index (κ3) is 4.54. The van der Waals surface area contributed by atoms with Crippen molar-refractivity contribution in [1.29, 1.82) is 0 Å². The molecule has 1 saturated heterocycles. The summed E-state index contributed by atoms with van der Waals surface area (Å²) in [6.07, 6.45) is -1.07. The van der Waals surface area contributed by atoms with E-state index < -0.39 is 23.3 Å². The Balaban J connectivity index is 1.80. The van der Waals surface area contributed by atoms with Crippen molar-refractivity contribution in [1.82, 2.24) is 4.90 Å². The van der Waals surface area contributed by atoms with Crippen LogP contribution in [0.4, 0.5) is 4.39 Å². The second-order valence-electron chi connectivity index (χ2n) is 7.44. The van der Waals surface area contributed by atoms with Gasteiger partial charge in [0.25, 0.3) is 0 Å². The van der Waals surface area contributed by atoms with Crippen molar-refractivity contribution in [3.05, 3.63) is 57.5 Å². The normalized spacial score (nSPS) is 21.8. The van der Waals surface area contributed by atoms with E-state index in [0.717, 1.165) is 0 Å². The zero-order valence-corrected chi connectivity index (χ0v) is 16.7. The predicted molar refractivity (Wildman–Crippen MR) is 105 cm³/mol. The molecule has 1 aromatic heterocycles. The van der Waals surface area contributed by atoms with Gasteiger partial charge in [-0.15, -0.1) is 11.3 Å². The highest BCUT2D eigenvalue weighted by Crippen LogP contribution is 2.35. The molecule has 0 unspecified atom stereocenters. The van der Waals surface area contributed by atoms with Crippen LogP contribution in [0, 0.1) is 11.2 Å². The van der Waals surface area contributed by atoms with Gasteiger partial charge in [-0.05, 0) is 54.5 Å². The van der Waals surface area contributed by atoms with Crippen LogP contribution in [-0.4, -0.2) is 52.0 Å².